The molecule has 0 aliphatic carbocycles. The molecule has 0 radical (unpaired) electrons. The molecule has 0 spiro atoms. The van der Waals surface area contributed by atoms with Crippen LogP contribution in [0.15, 0.2) is 30.3 Å². The van der Waals surface area contributed by atoms with Crippen LogP contribution in [0.1, 0.15) is 51.5 Å². The Labute approximate surface area is 217 Å². The van der Waals surface area contributed by atoms with Gasteiger partial charge in [0.1, 0.15) is 18.1 Å². The summed E-state index contributed by atoms with van der Waals surface area (Å²) in [5.41, 5.74) is 17.1. The normalized spacial score (nSPS) is 14.2. The van der Waals surface area contributed by atoms with Crippen LogP contribution in [0.5, 0.6) is 0 Å². The predicted octanol–water partition coefficient (Wildman–Crippen LogP) is -0.854. The first-order valence-corrected chi connectivity index (χ1v) is 12.4. The molecule has 0 bridgehead atoms. The number of hydrogen-bond acceptors (Lipinski definition) is 7. The molecule has 10 N–H and O–H groups in total. The maximum absolute atomic E-state index is 13.3. The van der Waals surface area contributed by atoms with Crippen molar-refractivity contribution in [3.8, 4) is 0 Å². The standard InChI is InChI=1S/C25H40N6O6/c1-15(2)12-19(23(34)29-18(25(36)37)10-6-7-11-26)31-24(35)20(13-16-8-4-3-5-9-16)30-22(33)17(27)14-21(28)32/h3-5,8-9,15,17-20H,6-7,10-14,26-27H2,1-2H3,(H2,28,32)(H,29,34)(H,30,33)(H,31,35)(H,36,37). The number of carbonyl (C=O) groups excluding carboxylic acids is 4. The van der Waals surface area contributed by atoms with Gasteiger partial charge >= 0.3 is 5.97 Å². The Kier molecular flexibility index (Phi) is 13.9. The number of amides is 4. The highest BCUT2D eigenvalue weighted by molar-refractivity contribution is 5.95. The molecule has 0 saturated heterocycles. The maximum Gasteiger partial charge on any atom is 0.326 e. The third kappa shape index (κ3) is 12.3. The van der Waals surface area contributed by atoms with E-state index in [4.69, 9.17) is 17.2 Å². The second kappa shape index (κ2) is 16.3. The zero-order valence-electron chi connectivity index (χ0n) is 21.4. The number of rotatable bonds is 17. The fraction of sp³-hybridized carbons (Fsp3) is 0.560. The van der Waals surface area contributed by atoms with E-state index in [1.165, 1.54) is 0 Å². The minimum Gasteiger partial charge on any atom is -0.480 e. The third-order valence-corrected chi connectivity index (χ3v) is 5.58. The largest absolute Gasteiger partial charge is 0.480 e. The van der Waals surface area contributed by atoms with Crippen molar-refractivity contribution >= 4 is 29.6 Å². The summed E-state index contributed by atoms with van der Waals surface area (Å²) in [5.74, 6) is -4.00. The van der Waals surface area contributed by atoms with Gasteiger partial charge in [-0.25, -0.2) is 4.79 Å². The Balaban J connectivity index is 3.07. The molecule has 0 saturated carbocycles. The smallest absolute Gasteiger partial charge is 0.326 e. The monoisotopic (exact) mass is 520 g/mol. The van der Waals surface area contributed by atoms with Gasteiger partial charge < -0.3 is 38.3 Å². The maximum atomic E-state index is 13.3. The Bertz CT molecular complexity index is 910. The topological polar surface area (TPSA) is 220 Å². The molecular formula is C25H40N6O6. The van der Waals surface area contributed by atoms with Crippen LogP contribution in [0.4, 0.5) is 0 Å². The molecule has 0 heterocycles. The molecule has 0 fully saturated rings. The number of carboxylic acid groups (broad SMARTS) is 1. The molecule has 4 atom stereocenters. The van der Waals surface area contributed by atoms with Crippen LogP contribution >= 0.6 is 0 Å². The molecule has 12 heteroatoms. The van der Waals surface area contributed by atoms with Crippen molar-refractivity contribution in [3.05, 3.63) is 35.9 Å². The van der Waals surface area contributed by atoms with E-state index in [-0.39, 0.29) is 25.2 Å². The molecule has 4 unspecified atom stereocenters. The van der Waals surface area contributed by atoms with Crippen LogP contribution in [0.2, 0.25) is 0 Å². The SMILES string of the molecule is CC(C)CC(NC(=O)C(Cc1ccccc1)NC(=O)C(N)CC(N)=O)C(=O)NC(CCCCN)C(=O)O. The lowest BCUT2D eigenvalue weighted by Crippen LogP contribution is -2.58. The summed E-state index contributed by atoms with van der Waals surface area (Å²) in [6, 6.07) is 4.36. The molecule has 0 aromatic heterocycles. The van der Waals surface area contributed by atoms with Crippen molar-refractivity contribution in [2.45, 2.75) is 76.5 Å². The minimum atomic E-state index is -1.25. The number of hydrogen-bond donors (Lipinski definition) is 7. The highest BCUT2D eigenvalue weighted by Crippen LogP contribution is 2.10. The lowest BCUT2D eigenvalue weighted by Gasteiger charge is -2.26. The van der Waals surface area contributed by atoms with Crippen LogP contribution in [0, 0.1) is 5.92 Å². The fourth-order valence-electron chi connectivity index (χ4n) is 3.64. The van der Waals surface area contributed by atoms with E-state index < -0.39 is 60.2 Å². The molecule has 1 aromatic carbocycles. The van der Waals surface area contributed by atoms with E-state index in [0.29, 0.717) is 19.4 Å². The summed E-state index contributed by atoms with van der Waals surface area (Å²) in [6.07, 6.45) is 1.26. The first-order valence-electron chi connectivity index (χ1n) is 12.4. The number of unbranched alkanes of at least 4 members (excludes halogenated alkanes) is 1. The van der Waals surface area contributed by atoms with E-state index in [9.17, 15) is 29.1 Å². The summed E-state index contributed by atoms with van der Waals surface area (Å²) < 4.78 is 0. The highest BCUT2D eigenvalue weighted by atomic mass is 16.4. The molecule has 0 aliphatic rings. The quantitative estimate of drug-likeness (QED) is 0.128. The number of aliphatic carboxylic acids is 1. The molecule has 0 aliphatic heterocycles. The summed E-state index contributed by atoms with van der Waals surface area (Å²) >= 11 is 0. The predicted molar refractivity (Wildman–Crippen MR) is 138 cm³/mol. The lowest BCUT2D eigenvalue weighted by atomic mass is 10.00. The fourth-order valence-corrected chi connectivity index (χ4v) is 3.64. The van der Waals surface area contributed by atoms with Crippen LogP contribution in [0.3, 0.4) is 0 Å². The van der Waals surface area contributed by atoms with Gasteiger partial charge in [0.15, 0.2) is 0 Å². The van der Waals surface area contributed by atoms with Crippen molar-refractivity contribution in [1.82, 2.24) is 16.0 Å². The summed E-state index contributed by atoms with van der Waals surface area (Å²) in [6.45, 7) is 4.12. The van der Waals surface area contributed by atoms with Gasteiger partial charge in [0, 0.05) is 6.42 Å². The van der Waals surface area contributed by atoms with E-state index in [1.807, 2.05) is 13.8 Å². The number of nitrogens with two attached hydrogens (primary N) is 3. The summed E-state index contributed by atoms with van der Waals surface area (Å²) in [5, 5.41) is 17.2. The van der Waals surface area contributed by atoms with Gasteiger partial charge in [-0.1, -0.05) is 44.2 Å². The van der Waals surface area contributed by atoms with Gasteiger partial charge in [0.05, 0.1) is 12.5 Å². The number of nitrogens with one attached hydrogen (secondary N) is 3. The van der Waals surface area contributed by atoms with Gasteiger partial charge in [-0.3, -0.25) is 19.2 Å². The third-order valence-electron chi connectivity index (χ3n) is 5.58. The van der Waals surface area contributed by atoms with Crippen molar-refractivity contribution in [1.29, 1.82) is 0 Å². The summed E-state index contributed by atoms with van der Waals surface area (Å²) in [7, 11) is 0. The van der Waals surface area contributed by atoms with E-state index >= 15 is 0 Å². The first-order chi connectivity index (χ1) is 17.4. The van der Waals surface area contributed by atoms with Crippen LogP contribution < -0.4 is 33.2 Å². The number of carbonyl (C=O) groups is 5. The Hall–Kier alpha value is -3.51. The average Bonchev–Trinajstić information content (AvgIpc) is 2.82. The van der Waals surface area contributed by atoms with Crippen LogP contribution in [-0.2, 0) is 30.4 Å². The minimum absolute atomic E-state index is 0.0114. The van der Waals surface area contributed by atoms with Crippen molar-refractivity contribution < 1.29 is 29.1 Å². The van der Waals surface area contributed by atoms with Gasteiger partial charge in [-0.05, 0) is 43.7 Å². The van der Waals surface area contributed by atoms with Gasteiger partial charge in [-0.15, -0.1) is 0 Å². The number of carboxylic acids is 1. The van der Waals surface area contributed by atoms with Gasteiger partial charge in [0.25, 0.3) is 0 Å². The summed E-state index contributed by atoms with van der Waals surface area (Å²) in [4.78, 5) is 61.7. The van der Waals surface area contributed by atoms with E-state index in [1.54, 1.807) is 30.3 Å². The highest BCUT2D eigenvalue weighted by Gasteiger charge is 2.31. The Morgan fingerprint density at radius 2 is 1.43 bits per heavy atom. The molecule has 206 valence electrons. The number of primary amides is 1. The van der Waals surface area contributed by atoms with Gasteiger partial charge in [-0.2, -0.15) is 0 Å². The molecule has 37 heavy (non-hydrogen) atoms. The van der Waals surface area contributed by atoms with Crippen LogP contribution in [-0.4, -0.2) is 65.4 Å². The Morgan fingerprint density at radius 1 is 0.865 bits per heavy atom. The Morgan fingerprint density at radius 3 is 1.97 bits per heavy atom. The van der Waals surface area contributed by atoms with E-state index in [0.717, 1.165) is 5.56 Å². The lowest BCUT2D eigenvalue weighted by molar-refractivity contribution is -0.142. The zero-order chi connectivity index (χ0) is 28.0. The number of benzene rings is 1. The molecule has 1 aromatic rings. The molecular weight excluding hydrogens is 480 g/mol. The molecule has 4 amide bonds. The molecule has 1 rings (SSSR count). The van der Waals surface area contributed by atoms with Crippen molar-refractivity contribution in [3.63, 3.8) is 0 Å². The van der Waals surface area contributed by atoms with Crippen molar-refractivity contribution in [2.24, 2.45) is 23.1 Å². The second-order valence-electron chi connectivity index (χ2n) is 9.40. The van der Waals surface area contributed by atoms with Crippen LogP contribution in [0.25, 0.3) is 0 Å². The molecule has 12 nitrogen and oxygen atoms in total. The zero-order valence-corrected chi connectivity index (χ0v) is 21.4. The van der Waals surface area contributed by atoms with Gasteiger partial charge in [0.2, 0.25) is 23.6 Å². The van der Waals surface area contributed by atoms with Crippen molar-refractivity contribution in [2.75, 3.05) is 6.54 Å². The average molecular weight is 521 g/mol. The second-order valence-corrected chi connectivity index (χ2v) is 9.40. The van der Waals surface area contributed by atoms with E-state index in [2.05, 4.69) is 16.0 Å². The first kappa shape index (κ1) is 31.5.